The second-order valence-electron chi connectivity index (χ2n) is 12.2. The molecule has 2 aromatic rings. The van der Waals surface area contributed by atoms with E-state index in [1.807, 2.05) is 29.2 Å². The minimum atomic E-state index is -0.858. The zero-order chi connectivity index (χ0) is 30.4. The van der Waals surface area contributed by atoms with Gasteiger partial charge in [-0.1, -0.05) is 44.7 Å². The average molecular weight is 589 g/mol. The smallest absolute Gasteiger partial charge is 0.248 e. The normalized spacial score (nSPS) is 21.7. The number of carbonyl (C=O) groups excluding carboxylic acids is 2. The van der Waals surface area contributed by atoms with Gasteiger partial charge in [0.2, 0.25) is 11.8 Å². The number of rotatable bonds is 10. The quantitative estimate of drug-likeness (QED) is 0.411. The molecule has 0 bridgehead atoms. The molecule has 1 aliphatic carbocycles. The van der Waals surface area contributed by atoms with Gasteiger partial charge < -0.3 is 24.8 Å². The molecule has 9 nitrogen and oxygen atoms in total. The van der Waals surface area contributed by atoms with Crippen molar-refractivity contribution < 1.29 is 24.2 Å². The number of methoxy groups -OCH3 is 1. The lowest BCUT2D eigenvalue weighted by molar-refractivity contribution is -0.166. The van der Waals surface area contributed by atoms with Crippen LogP contribution in [0.3, 0.4) is 0 Å². The van der Waals surface area contributed by atoms with Crippen molar-refractivity contribution in [3.8, 4) is 23.3 Å². The average Bonchev–Trinajstić information content (AvgIpc) is 3.05. The molecule has 9 heteroatoms. The number of likely N-dealkylation sites (tertiary alicyclic amines) is 1. The number of hydrogen-bond acceptors (Lipinski definition) is 7. The Morgan fingerprint density at radius 3 is 2.44 bits per heavy atom. The van der Waals surface area contributed by atoms with E-state index >= 15 is 0 Å². The summed E-state index contributed by atoms with van der Waals surface area (Å²) in [7, 11) is 1.55. The molecule has 2 aromatic carbocycles. The Kier molecular flexibility index (Phi) is 9.89. The number of unbranched alkanes of at least 4 members (excludes halogenated alkanes) is 1. The van der Waals surface area contributed by atoms with E-state index in [1.54, 1.807) is 25.3 Å². The summed E-state index contributed by atoms with van der Waals surface area (Å²) in [5, 5.41) is 23.3. The van der Waals surface area contributed by atoms with Gasteiger partial charge in [0.05, 0.1) is 24.8 Å². The van der Waals surface area contributed by atoms with Crippen LogP contribution in [0, 0.1) is 17.2 Å². The summed E-state index contributed by atoms with van der Waals surface area (Å²) in [4.78, 5) is 31.7. The van der Waals surface area contributed by atoms with E-state index < -0.39 is 17.7 Å². The number of hydrogen-bond donors (Lipinski definition) is 2. The van der Waals surface area contributed by atoms with Crippen molar-refractivity contribution in [2.45, 2.75) is 88.9 Å². The number of aliphatic hydroxyl groups excluding tert-OH is 1. The van der Waals surface area contributed by atoms with E-state index in [4.69, 9.17) is 14.7 Å². The Morgan fingerprint density at radius 2 is 1.79 bits per heavy atom. The van der Waals surface area contributed by atoms with Crippen molar-refractivity contribution in [3.05, 3.63) is 53.6 Å². The van der Waals surface area contributed by atoms with Gasteiger partial charge in [0.25, 0.3) is 0 Å². The van der Waals surface area contributed by atoms with Gasteiger partial charge in [-0.25, -0.2) is 0 Å². The van der Waals surface area contributed by atoms with Crippen molar-refractivity contribution in [2.24, 2.45) is 5.92 Å². The second-order valence-corrected chi connectivity index (χ2v) is 12.2. The van der Waals surface area contributed by atoms with Crippen LogP contribution < -0.4 is 14.8 Å². The highest BCUT2D eigenvalue weighted by Gasteiger charge is 2.55. The number of nitrogens with zero attached hydrogens (tertiary/aromatic N) is 3. The van der Waals surface area contributed by atoms with Crippen molar-refractivity contribution in [2.75, 3.05) is 26.7 Å². The number of piperazine rings is 1. The fourth-order valence-corrected chi connectivity index (χ4v) is 6.91. The number of piperidine rings is 1. The second kappa shape index (κ2) is 13.8. The minimum absolute atomic E-state index is 0.0647. The lowest BCUT2D eigenvalue weighted by Crippen LogP contribution is -2.75. The number of nitriles is 1. The highest BCUT2D eigenvalue weighted by atomic mass is 16.5. The van der Waals surface area contributed by atoms with Gasteiger partial charge in [-0.3, -0.25) is 14.5 Å². The van der Waals surface area contributed by atoms with Gasteiger partial charge in [-0.15, -0.1) is 0 Å². The molecule has 5 rings (SSSR count). The molecule has 0 unspecified atom stereocenters. The number of ether oxygens (including phenoxy) is 2. The topological polar surface area (TPSA) is 115 Å². The fourth-order valence-electron chi connectivity index (χ4n) is 6.91. The zero-order valence-corrected chi connectivity index (χ0v) is 25.4. The first kappa shape index (κ1) is 30.8. The third kappa shape index (κ3) is 6.66. The molecule has 0 aromatic heterocycles. The van der Waals surface area contributed by atoms with E-state index in [-0.39, 0.29) is 17.7 Å². The third-order valence-electron chi connectivity index (χ3n) is 9.50. The Morgan fingerprint density at radius 1 is 1.07 bits per heavy atom. The standard InChI is InChI=1S/C34H44N4O5/c1-3-4-18-38-32(40)30(31(39)26-8-6-5-7-9-26)36-33(41)34(38)16-19-37(20-17-34)23-24-10-13-27(14-11-24)43-28-15-12-25(22-35)21-29(28)42-2/h10-15,21,26,30-31,39H,3-9,16-20,23H2,1-2H3,(H,36,41)/t30-,31-/m1/s1. The van der Waals surface area contributed by atoms with Crippen molar-refractivity contribution in [1.29, 1.82) is 5.26 Å². The Hall–Kier alpha value is -3.61. The Bertz CT molecular complexity index is 1310. The molecule has 0 radical (unpaired) electrons. The maximum absolute atomic E-state index is 13.8. The maximum atomic E-state index is 13.8. The first-order valence-electron chi connectivity index (χ1n) is 15.8. The SMILES string of the molecule is CCCCN1C(=O)[C@@H]([C@H](O)C2CCCCC2)NC(=O)C12CCN(Cc1ccc(Oc3ccc(C#N)cc3OC)cc1)CC2. The predicted octanol–water partition coefficient (Wildman–Crippen LogP) is 4.76. The molecule has 1 spiro atoms. The maximum Gasteiger partial charge on any atom is 0.248 e. The molecule has 3 fully saturated rings. The predicted molar refractivity (Wildman–Crippen MR) is 163 cm³/mol. The minimum Gasteiger partial charge on any atom is -0.493 e. The lowest BCUT2D eigenvalue weighted by atomic mass is 9.78. The highest BCUT2D eigenvalue weighted by molar-refractivity contribution is 6.00. The summed E-state index contributed by atoms with van der Waals surface area (Å²) < 4.78 is 11.4. The third-order valence-corrected chi connectivity index (χ3v) is 9.50. The monoisotopic (exact) mass is 588 g/mol. The van der Waals surface area contributed by atoms with Gasteiger partial charge in [-0.05, 0) is 67.9 Å². The van der Waals surface area contributed by atoms with Crippen molar-refractivity contribution in [3.63, 3.8) is 0 Å². The van der Waals surface area contributed by atoms with Gasteiger partial charge in [0.15, 0.2) is 11.5 Å². The molecule has 2 saturated heterocycles. The summed E-state index contributed by atoms with van der Waals surface area (Å²) in [6, 6.07) is 14.2. The van der Waals surface area contributed by atoms with E-state index in [2.05, 4.69) is 23.2 Å². The summed E-state index contributed by atoms with van der Waals surface area (Å²) >= 11 is 0. The lowest BCUT2D eigenvalue weighted by Gasteiger charge is -2.52. The number of nitrogens with one attached hydrogen (secondary N) is 1. The van der Waals surface area contributed by atoms with Crippen LogP contribution in [0.2, 0.25) is 0 Å². The van der Waals surface area contributed by atoms with Gasteiger partial charge in [-0.2, -0.15) is 5.26 Å². The molecule has 2 N–H and O–H groups in total. The first-order valence-corrected chi connectivity index (χ1v) is 15.8. The van der Waals surface area contributed by atoms with Crippen LogP contribution in [-0.4, -0.2) is 71.1 Å². The van der Waals surface area contributed by atoms with Crippen LogP contribution in [0.4, 0.5) is 0 Å². The van der Waals surface area contributed by atoms with Crippen LogP contribution in [-0.2, 0) is 16.1 Å². The summed E-state index contributed by atoms with van der Waals surface area (Å²) in [5.41, 5.74) is 0.768. The molecule has 2 atom stereocenters. The van der Waals surface area contributed by atoms with Crippen LogP contribution in [0.5, 0.6) is 17.2 Å². The first-order chi connectivity index (χ1) is 20.9. The van der Waals surface area contributed by atoms with Crippen LogP contribution in [0.15, 0.2) is 42.5 Å². The Labute approximate surface area is 254 Å². The molecule has 3 aliphatic rings. The Balaban J connectivity index is 1.22. The number of aliphatic hydroxyl groups is 1. The molecule has 230 valence electrons. The highest BCUT2D eigenvalue weighted by Crippen LogP contribution is 2.37. The summed E-state index contributed by atoms with van der Waals surface area (Å²) in [6.45, 7) is 4.75. The van der Waals surface area contributed by atoms with Gasteiger partial charge in [0, 0.05) is 32.2 Å². The summed E-state index contributed by atoms with van der Waals surface area (Å²) in [6.07, 6.45) is 7.19. The van der Waals surface area contributed by atoms with Crippen LogP contribution in [0.1, 0.15) is 75.8 Å². The van der Waals surface area contributed by atoms with E-state index in [1.165, 1.54) is 6.42 Å². The van der Waals surface area contributed by atoms with Crippen molar-refractivity contribution in [1.82, 2.24) is 15.1 Å². The van der Waals surface area contributed by atoms with E-state index in [9.17, 15) is 14.7 Å². The van der Waals surface area contributed by atoms with Gasteiger partial charge in [0.1, 0.15) is 17.3 Å². The van der Waals surface area contributed by atoms with E-state index in [0.717, 1.165) is 50.6 Å². The molecular weight excluding hydrogens is 544 g/mol. The van der Waals surface area contributed by atoms with Gasteiger partial charge >= 0.3 is 0 Å². The number of amides is 2. The number of benzene rings is 2. The molecule has 1 saturated carbocycles. The van der Waals surface area contributed by atoms with Crippen LogP contribution >= 0.6 is 0 Å². The molecule has 2 aliphatic heterocycles. The van der Waals surface area contributed by atoms with Crippen molar-refractivity contribution >= 4 is 11.8 Å². The zero-order valence-electron chi connectivity index (χ0n) is 25.4. The largest absolute Gasteiger partial charge is 0.493 e. The molecule has 2 heterocycles. The van der Waals surface area contributed by atoms with Crippen LogP contribution in [0.25, 0.3) is 0 Å². The summed E-state index contributed by atoms with van der Waals surface area (Å²) in [5.74, 6) is 1.54. The molecule has 2 amide bonds. The molecular formula is C34H44N4O5. The van der Waals surface area contributed by atoms with E-state index in [0.29, 0.717) is 55.3 Å². The molecule has 43 heavy (non-hydrogen) atoms. The number of carbonyl (C=O) groups is 2. The fraction of sp³-hybridized carbons (Fsp3) is 0.559.